The van der Waals surface area contributed by atoms with Gasteiger partial charge in [-0.05, 0) is 43.9 Å². The van der Waals surface area contributed by atoms with Crippen LogP contribution in [0.1, 0.15) is 32.1 Å². The summed E-state index contributed by atoms with van der Waals surface area (Å²) in [5.41, 5.74) is 0.617. The van der Waals surface area contributed by atoms with Crippen LogP contribution in [0.15, 0.2) is 24.3 Å². The molecule has 0 aromatic heterocycles. The van der Waals surface area contributed by atoms with Crippen molar-refractivity contribution >= 4 is 35.1 Å². The molecule has 3 aliphatic rings. The number of carbonyl (C=O) groups is 3. The maximum Gasteiger partial charge on any atom is 0.319 e. The first kappa shape index (κ1) is 20.9. The lowest BCUT2D eigenvalue weighted by Crippen LogP contribution is -2.58. The molecule has 0 aliphatic carbocycles. The SMILES string of the molecule is O=C(Nc1cccc(Cl)c1)N[C@@H]1C[C@H]2C(=O)NC[C@@H](CCC(=O)N3CCCC3)N2C1. The van der Waals surface area contributed by atoms with E-state index in [1.54, 1.807) is 24.3 Å². The standard InChI is InChI=1S/C21H28ClN5O3/c22-14-4-3-5-15(10-14)24-21(30)25-16-11-18-20(29)23-12-17(27(18)13-16)6-7-19(28)26-8-1-2-9-26/h3-5,10,16-18H,1-2,6-9,11-13H2,(H,23,29)(H2,24,25,30)/t16-,17-,18+/m1/s1. The highest BCUT2D eigenvalue weighted by atomic mass is 35.5. The first-order valence-corrected chi connectivity index (χ1v) is 11.0. The lowest BCUT2D eigenvalue weighted by molar-refractivity contribution is -0.131. The second-order valence-corrected chi connectivity index (χ2v) is 8.72. The maximum atomic E-state index is 12.4. The highest BCUT2D eigenvalue weighted by Gasteiger charge is 2.43. The van der Waals surface area contributed by atoms with Crippen molar-refractivity contribution in [1.82, 2.24) is 20.4 Å². The number of piperazine rings is 1. The highest BCUT2D eigenvalue weighted by Crippen LogP contribution is 2.26. The molecule has 3 N–H and O–H groups in total. The molecule has 0 unspecified atom stereocenters. The van der Waals surface area contributed by atoms with Crippen molar-refractivity contribution in [1.29, 1.82) is 0 Å². The van der Waals surface area contributed by atoms with Gasteiger partial charge in [-0.2, -0.15) is 0 Å². The van der Waals surface area contributed by atoms with Gasteiger partial charge in [-0.3, -0.25) is 14.5 Å². The van der Waals surface area contributed by atoms with Crippen molar-refractivity contribution in [3.63, 3.8) is 0 Å². The summed E-state index contributed by atoms with van der Waals surface area (Å²) in [6.45, 7) is 2.87. The van der Waals surface area contributed by atoms with E-state index in [1.165, 1.54) is 0 Å². The first-order chi connectivity index (χ1) is 14.5. The number of nitrogens with one attached hydrogen (secondary N) is 3. The van der Waals surface area contributed by atoms with Crippen LogP contribution in [0.25, 0.3) is 0 Å². The molecular formula is C21H28ClN5O3. The molecular weight excluding hydrogens is 406 g/mol. The fourth-order valence-electron chi connectivity index (χ4n) is 4.68. The predicted octanol–water partition coefficient (Wildman–Crippen LogP) is 1.81. The largest absolute Gasteiger partial charge is 0.353 e. The lowest BCUT2D eigenvalue weighted by Gasteiger charge is -2.37. The van der Waals surface area contributed by atoms with Crippen LogP contribution in [0.3, 0.4) is 0 Å². The maximum absolute atomic E-state index is 12.4. The number of carbonyl (C=O) groups excluding carboxylic acids is 3. The van der Waals surface area contributed by atoms with Crippen LogP contribution >= 0.6 is 11.6 Å². The average molecular weight is 434 g/mol. The number of hydrogen-bond acceptors (Lipinski definition) is 4. The summed E-state index contributed by atoms with van der Waals surface area (Å²) in [5, 5.41) is 9.26. The Kier molecular flexibility index (Phi) is 6.43. The minimum Gasteiger partial charge on any atom is -0.353 e. The van der Waals surface area contributed by atoms with E-state index < -0.39 is 0 Å². The van der Waals surface area contributed by atoms with E-state index in [9.17, 15) is 14.4 Å². The van der Waals surface area contributed by atoms with Crippen molar-refractivity contribution in [3.05, 3.63) is 29.3 Å². The van der Waals surface area contributed by atoms with Gasteiger partial charge in [0.15, 0.2) is 0 Å². The molecule has 4 amide bonds. The van der Waals surface area contributed by atoms with Crippen LogP contribution < -0.4 is 16.0 Å². The van der Waals surface area contributed by atoms with E-state index in [0.717, 1.165) is 25.9 Å². The summed E-state index contributed by atoms with van der Waals surface area (Å²) in [6, 6.07) is 6.37. The van der Waals surface area contributed by atoms with E-state index in [4.69, 9.17) is 11.6 Å². The molecule has 3 aliphatic heterocycles. The number of nitrogens with zero attached hydrogens (tertiary/aromatic N) is 2. The molecule has 3 atom stereocenters. The number of rotatable bonds is 5. The molecule has 162 valence electrons. The number of fused-ring (bicyclic) bond motifs is 1. The number of anilines is 1. The molecule has 8 nitrogen and oxygen atoms in total. The molecule has 9 heteroatoms. The van der Waals surface area contributed by atoms with Crippen molar-refractivity contribution in [2.75, 3.05) is 31.5 Å². The van der Waals surface area contributed by atoms with E-state index in [2.05, 4.69) is 20.9 Å². The van der Waals surface area contributed by atoms with Crippen molar-refractivity contribution in [3.8, 4) is 0 Å². The number of halogens is 1. The van der Waals surface area contributed by atoms with Gasteiger partial charge in [-0.1, -0.05) is 17.7 Å². The van der Waals surface area contributed by atoms with Gasteiger partial charge in [0.25, 0.3) is 0 Å². The van der Waals surface area contributed by atoms with Gasteiger partial charge in [0.05, 0.1) is 6.04 Å². The van der Waals surface area contributed by atoms with Gasteiger partial charge in [0, 0.05) is 55.4 Å². The average Bonchev–Trinajstić information content (AvgIpc) is 3.38. The Morgan fingerprint density at radius 3 is 2.80 bits per heavy atom. The number of likely N-dealkylation sites (tertiary alicyclic amines) is 1. The summed E-state index contributed by atoms with van der Waals surface area (Å²) < 4.78 is 0. The molecule has 0 bridgehead atoms. The van der Waals surface area contributed by atoms with Gasteiger partial charge in [0.2, 0.25) is 11.8 Å². The van der Waals surface area contributed by atoms with Crippen molar-refractivity contribution < 1.29 is 14.4 Å². The highest BCUT2D eigenvalue weighted by molar-refractivity contribution is 6.30. The quantitative estimate of drug-likeness (QED) is 0.660. The summed E-state index contributed by atoms with van der Waals surface area (Å²) >= 11 is 5.96. The number of hydrogen-bond donors (Lipinski definition) is 3. The fraction of sp³-hybridized carbons (Fsp3) is 0.571. The van der Waals surface area contributed by atoms with Crippen molar-refractivity contribution in [2.45, 2.75) is 50.2 Å². The van der Waals surface area contributed by atoms with E-state index >= 15 is 0 Å². The van der Waals surface area contributed by atoms with Crippen LogP contribution in [0.4, 0.5) is 10.5 Å². The number of urea groups is 1. The fourth-order valence-corrected chi connectivity index (χ4v) is 4.87. The molecule has 1 aromatic rings. The Morgan fingerprint density at radius 1 is 1.23 bits per heavy atom. The third kappa shape index (κ3) is 4.87. The van der Waals surface area contributed by atoms with Gasteiger partial charge >= 0.3 is 6.03 Å². The number of benzene rings is 1. The van der Waals surface area contributed by atoms with E-state index in [0.29, 0.717) is 43.1 Å². The Bertz CT molecular complexity index is 814. The monoisotopic (exact) mass is 433 g/mol. The zero-order valence-electron chi connectivity index (χ0n) is 16.9. The molecule has 3 fully saturated rings. The van der Waals surface area contributed by atoms with Crippen LogP contribution in [-0.2, 0) is 9.59 Å². The summed E-state index contributed by atoms with van der Waals surface area (Å²) in [4.78, 5) is 41.2. The Labute approximate surface area is 181 Å². The minimum absolute atomic E-state index is 0.00308. The van der Waals surface area contributed by atoms with Crippen LogP contribution in [0.2, 0.25) is 5.02 Å². The molecule has 1 aromatic carbocycles. The van der Waals surface area contributed by atoms with Crippen molar-refractivity contribution in [2.24, 2.45) is 0 Å². The molecule has 3 heterocycles. The van der Waals surface area contributed by atoms with Crippen LogP contribution in [0, 0.1) is 0 Å². The normalized spacial score (nSPS) is 26.2. The second kappa shape index (κ2) is 9.22. The Balaban J connectivity index is 1.31. The Hall–Kier alpha value is -2.32. The molecule has 3 saturated heterocycles. The summed E-state index contributed by atoms with van der Waals surface area (Å²) in [6.07, 6.45) is 3.95. The van der Waals surface area contributed by atoms with Gasteiger partial charge in [-0.25, -0.2) is 4.79 Å². The molecule has 0 spiro atoms. The zero-order chi connectivity index (χ0) is 21.1. The number of amides is 4. The second-order valence-electron chi connectivity index (χ2n) is 8.28. The lowest BCUT2D eigenvalue weighted by atomic mass is 10.0. The van der Waals surface area contributed by atoms with Crippen LogP contribution in [0.5, 0.6) is 0 Å². The van der Waals surface area contributed by atoms with Gasteiger partial charge in [-0.15, -0.1) is 0 Å². The predicted molar refractivity (Wildman–Crippen MR) is 114 cm³/mol. The molecule has 0 radical (unpaired) electrons. The van der Waals surface area contributed by atoms with Gasteiger partial charge in [0.1, 0.15) is 0 Å². The van der Waals surface area contributed by atoms with Gasteiger partial charge < -0.3 is 20.9 Å². The van der Waals surface area contributed by atoms with E-state index in [-0.39, 0.29) is 36.0 Å². The van der Waals surface area contributed by atoms with Crippen LogP contribution in [-0.4, -0.2) is 71.9 Å². The smallest absolute Gasteiger partial charge is 0.319 e. The topological polar surface area (TPSA) is 93.8 Å². The third-order valence-corrected chi connectivity index (χ3v) is 6.43. The molecule has 4 rings (SSSR count). The zero-order valence-corrected chi connectivity index (χ0v) is 17.7. The summed E-state index contributed by atoms with van der Waals surface area (Å²) in [7, 11) is 0. The first-order valence-electron chi connectivity index (χ1n) is 10.6. The summed E-state index contributed by atoms with van der Waals surface area (Å²) in [5.74, 6) is 0.201. The minimum atomic E-state index is -0.316. The molecule has 30 heavy (non-hydrogen) atoms. The Morgan fingerprint density at radius 2 is 2.03 bits per heavy atom. The third-order valence-electron chi connectivity index (χ3n) is 6.19. The van der Waals surface area contributed by atoms with E-state index in [1.807, 2.05) is 4.90 Å². The molecule has 0 saturated carbocycles.